The van der Waals surface area contributed by atoms with Crippen LogP contribution in [0.1, 0.15) is 50.3 Å². The highest BCUT2D eigenvalue weighted by Crippen LogP contribution is 2.30. The van der Waals surface area contributed by atoms with Gasteiger partial charge in [0.2, 0.25) is 11.8 Å². The third kappa shape index (κ3) is 4.98. The van der Waals surface area contributed by atoms with Crippen LogP contribution in [0.15, 0.2) is 35.6 Å². The number of amides is 2. The largest absolute Gasteiger partial charge is 0.343 e. The summed E-state index contributed by atoms with van der Waals surface area (Å²) in [6, 6.07) is 2.64. The van der Waals surface area contributed by atoms with E-state index in [2.05, 4.69) is 20.6 Å². The Morgan fingerprint density at radius 2 is 2.00 bits per heavy atom. The Morgan fingerprint density at radius 1 is 1.21 bits per heavy atom. The second-order valence-electron chi connectivity index (χ2n) is 8.96. The zero-order chi connectivity index (χ0) is 23.4. The molecule has 2 atom stereocenters. The Kier molecular flexibility index (Phi) is 7.17. The van der Waals surface area contributed by atoms with Gasteiger partial charge in [-0.1, -0.05) is 19.3 Å². The van der Waals surface area contributed by atoms with Gasteiger partial charge in [-0.05, 0) is 56.8 Å². The van der Waals surface area contributed by atoms with Gasteiger partial charge in [0, 0.05) is 18.9 Å². The van der Waals surface area contributed by atoms with Crippen LogP contribution in [0, 0.1) is 5.92 Å². The van der Waals surface area contributed by atoms with E-state index >= 15 is 0 Å². The van der Waals surface area contributed by atoms with E-state index in [1.54, 1.807) is 41.9 Å². The van der Waals surface area contributed by atoms with Crippen LogP contribution in [0.2, 0.25) is 0 Å². The molecule has 0 unspecified atom stereocenters. The zero-order valence-corrected chi connectivity index (χ0v) is 19.3. The topological polar surface area (TPSA) is 109 Å². The van der Waals surface area contributed by atoms with Gasteiger partial charge in [-0.25, -0.2) is 9.97 Å². The molecule has 2 aliphatic rings. The molecule has 1 aliphatic heterocycles. The van der Waals surface area contributed by atoms with E-state index in [0.717, 1.165) is 43.4 Å². The van der Waals surface area contributed by atoms with Gasteiger partial charge in [0.1, 0.15) is 18.1 Å². The lowest BCUT2D eigenvalue weighted by atomic mass is 9.83. The second kappa shape index (κ2) is 10.2. The molecule has 1 saturated carbocycles. The number of likely N-dealkylation sites (N-methyl/N-ethyl adjacent to an activating group) is 1. The fraction of sp³-hybridized carbons (Fsp3) is 0.542. The van der Waals surface area contributed by atoms with Crippen LogP contribution in [0.25, 0.3) is 0 Å². The Labute approximate surface area is 193 Å². The van der Waals surface area contributed by atoms with Crippen LogP contribution in [0.4, 0.5) is 5.69 Å². The van der Waals surface area contributed by atoms with Crippen molar-refractivity contribution >= 4 is 17.5 Å². The van der Waals surface area contributed by atoms with Gasteiger partial charge in [-0.2, -0.15) is 0 Å². The molecule has 9 heteroatoms. The van der Waals surface area contributed by atoms with Gasteiger partial charge in [0.05, 0.1) is 18.3 Å². The quantitative estimate of drug-likeness (QED) is 0.654. The highest BCUT2D eigenvalue weighted by atomic mass is 16.2. The van der Waals surface area contributed by atoms with Crippen LogP contribution in [-0.4, -0.2) is 52.0 Å². The third-order valence-electron chi connectivity index (χ3n) is 6.85. The number of carbonyl (C=O) groups is 2. The van der Waals surface area contributed by atoms with E-state index < -0.39 is 12.1 Å². The maximum absolute atomic E-state index is 13.8. The molecule has 3 heterocycles. The van der Waals surface area contributed by atoms with Crippen molar-refractivity contribution < 1.29 is 9.59 Å². The Hall–Kier alpha value is -3.07. The van der Waals surface area contributed by atoms with Crippen LogP contribution < -0.4 is 21.1 Å². The number of anilines is 1. The molecule has 0 saturated heterocycles. The minimum Gasteiger partial charge on any atom is -0.343 e. The fourth-order valence-corrected chi connectivity index (χ4v) is 4.79. The number of nitrogens with one attached hydrogen (secondary N) is 2. The summed E-state index contributed by atoms with van der Waals surface area (Å²) in [6.45, 7) is 2.52. The van der Waals surface area contributed by atoms with Crippen molar-refractivity contribution in [3.63, 3.8) is 0 Å². The van der Waals surface area contributed by atoms with E-state index in [9.17, 15) is 14.4 Å². The summed E-state index contributed by atoms with van der Waals surface area (Å²) in [6.07, 6.45) is 10.5. The molecular weight excluding hydrogens is 420 g/mol. The van der Waals surface area contributed by atoms with Crippen molar-refractivity contribution in [2.45, 2.75) is 64.1 Å². The Balaban J connectivity index is 1.62. The first-order valence-corrected chi connectivity index (χ1v) is 11.8. The van der Waals surface area contributed by atoms with Crippen LogP contribution in [0.3, 0.4) is 0 Å². The van der Waals surface area contributed by atoms with Gasteiger partial charge in [0.25, 0.3) is 5.56 Å². The van der Waals surface area contributed by atoms with Gasteiger partial charge in [-0.3, -0.25) is 14.4 Å². The molecule has 0 bridgehead atoms. The first-order chi connectivity index (χ1) is 16.0. The predicted octanol–water partition coefficient (Wildman–Crippen LogP) is 1.25. The fourth-order valence-electron chi connectivity index (χ4n) is 4.79. The molecule has 2 aromatic rings. The summed E-state index contributed by atoms with van der Waals surface area (Å²) in [5.74, 6) is -0.306. The van der Waals surface area contributed by atoms with E-state index in [4.69, 9.17) is 0 Å². The van der Waals surface area contributed by atoms with Crippen LogP contribution in [-0.2, 0) is 22.6 Å². The normalized spacial score (nSPS) is 17.9. The molecule has 9 nitrogen and oxygen atoms in total. The molecule has 1 fully saturated rings. The smallest absolute Gasteiger partial charge is 0.275 e. The molecule has 2 N–H and O–H groups in total. The lowest BCUT2D eigenvalue weighted by Crippen LogP contribution is -2.56. The Bertz CT molecular complexity index is 1050. The SMILES string of the molecule is CN[C@@H](C)C(=O)N[C@H](C(=O)N1CCc2ccn(Cc3ccncn3)c(=O)c21)C1CCCCC1. The molecule has 33 heavy (non-hydrogen) atoms. The number of fused-ring (bicyclic) bond motifs is 1. The van der Waals surface area contributed by atoms with E-state index in [0.29, 0.717) is 25.2 Å². The van der Waals surface area contributed by atoms with Gasteiger partial charge < -0.3 is 20.1 Å². The van der Waals surface area contributed by atoms with Crippen molar-refractivity contribution in [2.75, 3.05) is 18.5 Å². The van der Waals surface area contributed by atoms with Crippen LogP contribution >= 0.6 is 0 Å². The summed E-state index contributed by atoms with van der Waals surface area (Å²) in [7, 11) is 1.72. The average molecular weight is 453 g/mol. The standard InChI is InChI=1S/C24H32N6O3/c1-16(25-2)22(31)28-20(17-6-4-3-5-7-17)23(32)30-13-10-18-9-12-29(24(33)21(18)30)14-19-8-11-26-15-27-19/h8-9,11-12,15-17,20,25H,3-7,10,13-14H2,1-2H3,(H,28,31)/t16-,20-/m0/s1. The minimum atomic E-state index is -0.630. The van der Waals surface area contributed by atoms with E-state index in [1.165, 1.54) is 6.33 Å². The van der Waals surface area contributed by atoms with Crippen LogP contribution in [0.5, 0.6) is 0 Å². The number of aromatic nitrogens is 3. The molecule has 4 rings (SSSR count). The molecule has 1 aliphatic carbocycles. The lowest BCUT2D eigenvalue weighted by molar-refractivity contribution is -0.130. The monoisotopic (exact) mass is 452 g/mol. The predicted molar refractivity (Wildman–Crippen MR) is 125 cm³/mol. The van der Waals surface area contributed by atoms with Gasteiger partial charge >= 0.3 is 0 Å². The first-order valence-electron chi connectivity index (χ1n) is 11.8. The average Bonchev–Trinajstić information content (AvgIpc) is 3.29. The van der Waals surface area contributed by atoms with Crippen molar-refractivity contribution in [1.29, 1.82) is 0 Å². The minimum absolute atomic E-state index is 0.0789. The molecule has 176 valence electrons. The molecule has 2 amide bonds. The maximum atomic E-state index is 13.8. The summed E-state index contributed by atoms with van der Waals surface area (Å²) < 4.78 is 1.57. The number of carbonyl (C=O) groups excluding carboxylic acids is 2. The molecule has 0 aromatic carbocycles. The van der Waals surface area contributed by atoms with Crippen molar-refractivity contribution in [1.82, 2.24) is 25.2 Å². The number of nitrogens with zero attached hydrogens (tertiary/aromatic N) is 4. The van der Waals surface area contributed by atoms with E-state index in [-0.39, 0.29) is 23.3 Å². The van der Waals surface area contributed by atoms with Gasteiger partial charge in [0.15, 0.2) is 0 Å². The molecule has 2 aromatic heterocycles. The van der Waals surface area contributed by atoms with Gasteiger partial charge in [-0.15, -0.1) is 0 Å². The second-order valence-corrected chi connectivity index (χ2v) is 8.96. The summed E-state index contributed by atoms with van der Waals surface area (Å²) in [5, 5.41) is 5.94. The lowest BCUT2D eigenvalue weighted by Gasteiger charge is -2.33. The van der Waals surface area contributed by atoms with Crippen molar-refractivity contribution in [3.05, 3.63) is 52.5 Å². The molecule has 0 radical (unpaired) electrons. The summed E-state index contributed by atoms with van der Waals surface area (Å²) in [5.41, 5.74) is 1.79. The number of rotatable bonds is 7. The number of hydrogen-bond donors (Lipinski definition) is 2. The maximum Gasteiger partial charge on any atom is 0.275 e. The number of hydrogen-bond acceptors (Lipinski definition) is 6. The highest BCUT2D eigenvalue weighted by Gasteiger charge is 2.38. The first kappa shape index (κ1) is 23.1. The third-order valence-corrected chi connectivity index (χ3v) is 6.85. The Morgan fingerprint density at radius 3 is 2.70 bits per heavy atom. The zero-order valence-electron chi connectivity index (χ0n) is 19.3. The summed E-state index contributed by atoms with van der Waals surface area (Å²) in [4.78, 5) is 49.6. The summed E-state index contributed by atoms with van der Waals surface area (Å²) >= 11 is 0. The molecular formula is C24H32N6O3. The number of pyridine rings is 1. The van der Waals surface area contributed by atoms with Crippen molar-refractivity contribution in [3.8, 4) is 0 Å². The highest BCUT2D eigenvalue weighted by molar-refractivity contribution is 6.01. The van der Waals surface area contributed by atoms with E-state index in [1.807, 2.05) is 6.07 Å². The van der Waals surface area contributed by atoms with Crippen molar-refractivity contribution in [2.24, 2.45) is 5.92 Å². The molecule has 0 spiro atoms.